The second kappa shape index (κ2) is 6.06. The fraction of sp³-hybridized carbons (Fsp3) is 0.500. The van der Waals surface area contributed by atoms with E-state index in [9.17, 15) is 8.42 Å². The molecule has 0 radical (unpaired) electrons. The quantitative estimate of drug-likeness (QED) is 0.857. The van der Waals surface area contributed by atoms with Gasteiger partial charge in [-0.25, -0.2) is 13.1 Å². The fourth-order valence-corrected chi connectivity index (χ4v) is 2.40. The van der Waals surface area contributed by atoms with Gasteiger partial charge in [0.05, 0.1) is 20.0 Å². The van der Waals surface area contributed by atoms with E-state index in [1.165, 1.54) is 0 Å². The number of ether oxygens (including phenoxy) is 2. The third-order valence-electron chi connectivity index (χ3n) is 2.38. The molecule has 0 saturated carbocycles. The number of hydrogen-bond donors (Lipinski definition) is 1. The summed E-state index contributed by atoms with van der Waals surface area (Å²) in [7, 11) is -1.67. The normalized spacial score (nSPS) is 13.1. The maximum absolute atomic E-state index is 11.2. The molecule has 1 N–H and O–H groups in total. The Kier molecular flexibility index (Phi) is 4.98. The van der Waals surface area contributed by atoms with E-state index in [1.807, 2.05) is 13.0 Å². The fourth-order valence-electron chi connectivity index (χ4n) is 1.62. The Bertz CT molecular complexity index is 499. The Morgan fingerprint density at radius 1 is 1.33 bits per heavy atom. The first-order valence-electron chi connectivity index (χ1n) is 5.65. The van der Waals surface area contributed by atoms with Gasteiger partial charge in [-0.1, -0.05) is 6.07 Å². The summed E-state index contributed by atoms with van der Waals surface area (Å²) in [6.07, 6.45) is 1.14. The second-order valence-electron chi connectivity index (χ2n) is 3.96. The lowest BCUT2D eigenvalue weighted by molar-refractivity contribution is 0.310. The van der Waals surface area contributed by atoms with Gasteiger partial charge in [0.25, 0.3) is 0 Å². The van der Waals surface area contributed by atoms with Crippen molar-refractivity contribution in [2.24, 2.45) is 0 Å². The van der Waals surface area contributed by atoms with E-state index in [0.717, 1.165) is 11.8 Å². The van der Waals surface area contributed by atoms with Gasteiger partial charge in [-0.3, -0.25) is 0 Å². The minimum atomic E-state index is -3.23. The number of nitrogens with one attached hydrogen (secondary N) is 1. The highest BCUT2D eigenvalue weighted by atomic mass is 32.2. The van der Waals surface area contributed by atoms with E-state index >= 15 is 0 Å². The summed E-state index contributed by atoms with van der Waals surface area (Å²) < 4.78 is 35.5. The lowest BCUT2D eigenvalue weighted by Gasteiger charge is -2.15. The summed E-state index contributed by atoms with van der Waals surface area (Å²) in [5.74, 6) is 1.24. The van der Waals surface area contributed by atoms with E-state index in [0.29, 0.717) is 18.1 Å². The van der Waals surface area contributed by atoms with Crippen LogP contribution in [0.25, 0.3) is 0 Å². The molecule has 1 atom stereocenters. The molecule has 1 aromatic rings. The summed E-state index contributed by atoms with van der Waals surface area (Å²) in [5, 5.41) is 0. The number of hydrogen-bond acceptors (Lipinski definition) is 4. The largest absolute Gasteiger partial charge is 0.493 e. The molecule has 0 aliphatic rings. The van der Waals surface area contributed by atoms with Crippen molar-refractivity contribution in [3.8, 4) is 11.5 Å². The van der Waals surface area contributed by atoms with Crippen molar-refractivity contribution in [3.63, 3.8) is 0 Å². The lowest BCUT2D eigenvalue weighted by atomic mass is 10.1. The molecule has 1 aromatic carbocycles. The summed E-state index contributed by atoms with van der Waals surface area (Å²) in [6.45, 7) is 4.18. The third-order valence-corrected chi connectivity index (χ3v) is 3.16. The average Bonchev–Trinajstić information content (AvgIpc) is 2.27. The van der Waals surface area contributed by atoms with Crippen LogP contribution in [0, 0.1) is 0 Å². The van der Waals surface area contributed by atoms with Gasteiger partial charge in [0.15, 0.2) is 11.5 Å². The first-order valence-corrected chi connectivity index (χ1v) is 7.54. The summed E-state index contributed by atoms with van der Waals surface area (Å²) >= 11 is 0. The topological polar surface area (TPSA) is 64.6 Å². The Balaban J connectivity index is 3.00. The molecule has 0 heterocycles. The Morgan fingerprint density at radius 2 is 2.00 bits per heavy atom. The van der Waals surface area contributed by atoms with Gasteiger partial charge in [0, 0.05) is 6.04 Å². The van der Waals surface area contributed by atoms with Gasteiger partial charge in [0.1, 0.15) is 0 Å². The molecule has 102 valence electrons. The third kappa shape index (κ3) is 4.19. The number of rotatable bonds is 6. The molecule has 0 aliphatic heterocycles. The summed E-state index contributed by atoms with van der Waals surface area (Å²) in [5.41, 5.74) is 0.824. The van der Waals surface area contributed by atoms with E-state index in [-0.39, 0.29) is 6.04 Å². The minimum absolute atomic E-state index is 0.315. The zero-order valence-corrected chi connectivity index (χ0v) is 11.9. The van der Waals surface area contributed by atoms with Crippen molar-refractivity contribution >= 4 is 10.0 Å². The molecule has 0 saturated heterocycles. The zero-order valence-electron chi connectivity index (χ0n) is 11.1. The van der Waals surface area contributed by atoms with Gasteiger partial charge >= 0.3 is 0 Å². The highest BCUT2D eigenvalue weighted by molar-refractivity contribution is 7.88. The Labute approximate surface area is 108 Å². The molecule has 0 bridgehead atoms. The van der Waals surface area contributed by atoms with Gasteiger partial charge in [-0.15, -0.1) is 0 Å². The monoisotopic (exact) mass is 273 g/mol. The predicted molar refractivity (Wildman–Crippen MR) is 70.6 cm³/mol. The van der Waals surface area contributed by atoms with Crippen molar-refractivity contribution < 1.29 is 17.9 Å². The van der Waals surface area contributed by atoms with Crippen LogP contribution < -0.4 is 14.2 Å². The smallest absolute Gasteiger partial charge is 0.209 e. The molecule has 0 aliphatic carbocycles. The van der Waals surface area contributed by atoms with Crippen LogP contribution >= 0.6 is 0 Å². The van der Waals surface area contributed by atoms with Crippen molar-refractivity contribution in [1.82, 2.24) is 4.72 Å². The predicted octanol–water partition coefficient (Wildman–Crippen LogP) is 1.70. The van der Waals surface area contributed by atoms with Crippen LogP contribution in [0.2, 0.25) is 0 Å². The van der Waals surface area contributed by atoms with Crippen molar-refractivity contribution in [2.75, 3.05) is 20.0 Å². The van der Waals surface area contributed by atoms with Gasteiger partial charge in [0.2, 0.25) is 10.0 Å². The maximum atomic E-state index is 11.2. The van der Waals surface area contributed by atoms with Crippen LogP contribution in [0.5, 0.6) is 11.5 Å². The van der Waals surface area contributed by atoms with Crippen LogP contribution in [-0.2, 0) is 10.0 Å². The average molecular weight is 273 g/mol. The first kappa shape index (κ1) is 14.8. The van der Waals surface area contributed by atoms with Gasteiger partial charge in [-0.05, 0) is 31.5 Å². The molecular weight excluding hydrogens is 254 g/mol. The van der Waals surface area contributed by atoms with Crippen LogP contribution in [0.4, 0.5) is 0 Å². The molecule has 0 fully saturated rings. The number of benzene rings is 1. The van der Waals surface area contributed by atoms with Crippen molar-refractivity contribution in [1.29, 1.82) is 0 Å². The molecular formula is C12H19NO4S. The van der Waals surface area contributed by atoms with E-state index in [4.69, 9.17) is 9.47 Å². The molecule has 0 spiro atoms. The van der Waals surface area contributed by atoms with Gasteiger partial charge in [-0.2, -0.15) is 0 Å². The second-order valence-corrected chi connectivity index (χ2v) is 5.74. The number of methoxy groups -OCH3 is 1. The van der Waals surface area contributed by atoms with E-state index in [2.05, 4.69) is 4.72 Å². The highest BCUT2D eigenvalue weighted by Gasteiger charge is 2.13. The molecule has 1 unspecified atom stereocenters. The van der Waals surface area contributed by atoms with Gasteiger partial charge < -0.3 is 9.47 Å². The lowest BCUT2D eigenvalue weighted by Crippen LogP contribution is -2.25. The molecule has 18 heavy (non-hydrogen) atoms. The Morgan fingerprint density at radius 3 is 2.50 bits per heavy atom. The molecule has 0 amide bonds. The number of sulfonamides is 1. The van der Waals surface area contributed by atoms with Crippen LogP contribution in [0.1, 0.15) is 25.5 Å². The van der Waals surface area contributed by atoms with Crippen molar-refractivity contribution in [3.05, 3.63) is 23.8 Å². The van der Waals surface area contributed by atoms with E-state index in [1.54, 1.807) is 26.2 Å². The van der Waals surface area contributed by atoms with Crippen molar-refractivity contribution in [2.45, 2.75) is 19.9 Å². The first-order chi connectivity index (χ1) is 8.37. The summed E-state index contributed by atoms with van der Waals surface area (Å²) in [6, 6.07) is 5.04. The Hall–Kier alpha value is -1.27. The zero-order chi connectivity index (χ0) is 13.8. The van der Waals surface area contributed by atoms with Crippen LogP contribution in [0.15, 0.2) is 18.2 Å². The minimum Gasteiger partial charge on any atom is -0.493 e. The molecule has 5 nitrogen and oxygen atoms in total. The SMILES string of the molecule is CCOc1cc(C(C)NS(C)(=O)=O)ccc1OC. The van der Waals surface area contributed by atoms with Crippen LogP contribution in [0.3, 0.4) is 0 Å². The summed E-state index contributed by atoms with van der Waals surface area (Å²) in [4.78, 5) is 0. The molecule has 6 heteroatoms. The highest BCUT2D eigenvalue weighted by Crippen LogP contribution is 2.30. The molecule has 1 rings (SSSR count). The van der Waals surface area contributed by atoms with E-state index < -0.39 is 10.0 Å². The molecule has 0 aromatic heterocycles. The van der Waals surface area contributed by atoms with Crippen LogP contribution in [-0.4, -0.2) is 28.4 Å². The maximum Gasteiger partial charge on any atom is 0.209 e. The standard InChI is InChI=1S/C12H19NO4S/c1-5-17-12-8-10(6-7-11(12)16-3)9(2)13-18(4,14)15/h6-9,13H,5H2,1-4H3.